The van der Waals surface area contributed by atoms with E-state index in [2.05, 4.69) is 0 Å². The molecule has 0 saturated carbocycles. The molecule has 2 aliphatic rings. The van der Waals surface area contributed by atoms with E-state index in [0.29, 0.717) is 0 Å². The molecule has 0 heterocycles. The lowest BCUT2D eigenvalue weighted by Gasteiger charge is -2.15. The summed E-state index contributed by atoms with van der Waals surface area (Å²) in [6.07, 6.45) is 4.63. The number of hydrogen-bond donors (Lipinski definition) is 0. The normalized spacial score (nSPS) is 20.3. The molecule has 0 saturated heterocycles. The molecule has 0 aromatic heterocycles. The predicted molar refractivity (Wildman–Crippen MR) is 63.7 cm³/mol. The Kier molecular flexibility index (Phi) is 2.79. The van der Waals surface area contributed by atoms with E-state index in [9.17, 15) is 19.2 Å². The van der Waals surface area contributed by atoms with Crippen molar-refractivity contribution in [3.8, 4) is 0 Å². The fraction of sp³-hybridized carbons (Fsp3) is 0.143. The molecular weight excluding hydrogens is 232 g/mol. The second kappa shape index (κ2) is 4.14. The van der Waals surface area contributed by atoms with Gasteiger partial charge >= 0.3 is 0 Å². The van der Waals surface area contributed by atoms with Gasteiger partial charge in [0.15, 0.2) is 23.1 Å². The zero-order valence-corrected chi connectivity index (χ0v) is 9.94. The molecule has 0 bridgehead atoms. The number of carbonyl (C=O) groups is 4. The van der Waals surface area contributed by atoms with Crippen LogP contribution < -0.4 is 0 Å². The Bertz CT molecular complexity index is 568. The highest BCUT2D eigenvalue weighted by Crippen LogP contribution is 2.25. The monoisotopic (exact) mass is 242 g/mol. The van der Waals surface area contributed by atoms with Gasteiger partial charge in [-0.1, -0.05) is 0 Å². The van der Waals surface area contributed by atoms with E-state index in [-0.39, 0.29) is 33.9 Å². The lowest BCUT2D eigenvalue weighted by atomic mass is 9.85. The highest BCUT2D eigenvalue weighted by atomic mass is 16.1. The summed E-state index contributed by atoms with van der Waals surface area (Å²) in [5.41, 5.74) is 0.549. The van der Waals surface area contributed by atoms with E-state index in [1.54, 1.807) is 0 Å². The summed E-state index contributed by atoms with van der Waals surface area (Å²) in [6.45, 7) is 3.01. The first-order valence-electron chi connectivity index (χ1n) is 5.38. The zero-order valence-electron chi connectivity index (χ0n) is 9.94. The van der Waals surface area contributed by atoms with Crippen LogP contribution >= 0.6 is 0 Å². The van der Waals surface area contributed by atoms with Crippen molar-refractivity contribution in [2.24, 2.45) is 0 Å². The van der Waals surface area contributed by atoms with Crippen LogP contribution in [0.1, 0.15) is 13.8 Å². The molecule has 0 atom stereocenters. The Morgan fingerprint density at radius 2 is 0.944 bits per heavy atom. The molecule has 0 spiro atoms. The van der Waals surface area contributed by atoms with Gasteiger partial charge in [-0.2, -0.15) is 0 Å². The standard InChI is InChI=1S/C14H10O4/c1-7-3-9(15)5-11(13(7)17)12-6-10(16)4-8(2)14(12)18/h3-6H,1-2H3. The van der Waals surface area contributed by atoms with E-state index in [1.165, 1.54) is 26.0 Å². The van der Waals surface area contributed by atoms with Gasteiger partial charge in [-0.3, -0.25) is 19.2 Å². The van der Waals surface area contributed by atoms with Crippen molar-refractivity contribution in [3.05, 3.63) is 46.6 Å². The van der Waals surface area contributed by atoms with Crippen molar-refractivity contribution in [2.45, 2.75) is 13.8 Å². The summed E-state index contributed by atoms with van der Waals surface area (Å²) in [5, 5.41) is 0. The Hall–Kier alpha value is -2.36. The maximum absolute atomic E-state index is 11.9. The molecule has 0 N–H and O–H groups in total. The summed E-state index contributed by atoms with van der Waals surface area (Å²) in [6, 6.07) is 0. The number of hydrogen-bond acceptors (Lipinski definition) is 4. The molecule has 2 rings (SSSR count). The van der Waals surface area contributed by atoms with Crippen LogP contribution in [0.4, 0.5) is 0 Å². The Labute approximate surface area is 103 Å². The Balaban J connectivity index is 2.51. The number of ketones is 4. The summed E-state index contributed by atoms with van der Waals surface area (Å²) in [7, 11) is 0. The molecule has 4 nitrogen and oxygen atoms in total. The third kappa shape index (κ3) is 1.93. The van der Waals surface area contributed by atoms with Crippen molar-refractivity contribution >= 4 is 23.1 Å². The van der Waals surface area contributed by atoms with Gasteiger partial charge in [-0.15, -0.1) is 0 Å². The van der Waals surface area contributed by atoms with Crippen LogP contribution in [-0.4, -0.2) is 23.1 Å². The molecular formula is C14H10O4. The Morgan fingerprint density at radius 3 is 1.28 bits per heavy atom. The maximum atomic E-state index is 11.9. The molecule has 90 valence electrons. The lowest BCUT2D eigenvalue weighted by Crippen LogP contribution is -2.21. The SMILES string of the molecule is CC1=CC(=O)C=C(C2=CC(=O)C=C(C)C2=O)C1=O. The van der Waals surface area contributed by atoms with E-state index in [1.807, 2.05) is 0 Å². The van der Waals surface area contributed by atoms with Crippen molar-refractivity contribution in [1.29, 1.82) is 0 Å². The first kappa shape index (κ1) is 12.1. The summed E-state index contributed by atoms with van der Waals surface area (Å²) in [4.78, 5) is 46.6. The largest absolute Gasteiger partial charge is 0.290 e. The van der Waals surface area contributed by atoms with E-state index in [4.69, 9.17) is 0 Å². The minimum Gasteiger partial charge on any atom is -0.290 e. The van der Waals surface area contributed by atoms with E-state index >= 15 is 0 Å². The fourth-order valence-corrected chi connectivity index (χ4v) is 1.88. The quantitative estimate of drug-likeness (QED) is 0.644. The second-order valence-corrected chi connectivity index (χ2v) is 4.23. The smallest absolute Gasteiger partial charge is 0.189 e. The summed E-state index contributed by atoms with van der Waals surface area (Å²) >= 11 is 0. The number of carbonyl (C=O) groups excluding carboxylic acids is 4. The maximum Gasteiger partial charge on any atom is 0.189 e. The predicted octanol–water partition coefficient (Wildman–Crippen LogP) is 1.04. The van der Waals surface area contributed by atoms with Crippen molar-refractivity contribution in [2.75, 3.05) is 0 Å². The molecule has 0 amide bonds. The van der Waals surface area contributed by atoms with Crippen LogP contribution in [0.3, 0.4) is 0 Å². The lowest BCUT2D eigenvalue weighted by molar-refractivity contribution is -0.117. The van der Waals surface area contributed by atoms with Gasteiger partial charge in [-0.05, 0) is 38.2 Å². The van der Waals surface area contributed by atoms with Crippen LogP contribution in [0.5, 0.6) is 0 Å². The van der Waals surface area contributed by atoms with Crippen LogP contribution in [0.2, 0.25) is 0 Å². The molecule has 0 aromatic carbocycles. The molecule has 0 radical (unpaired) electrons. The van der Waals surface area contributed by atoms with Crippen molar-refractivity contribution in [3.63, 3.8) is 0 Å². The highest BCUT2D eigenvalue weighted by molar-refractivity contribution is 6.31. The summed E-state index contributed by atoms with van der Waals surface area (Å²) in [5.74, 6) is -1.49. The van der Waals surface area contributed by atoms with Gasteiger partial charge in [0.1, 0.15) is 0 Å². The topological polar surface area (TPSA) is 68.3 Å². The van der Waals surface area contributed by atoms with Gasteiger partial charge in [0.25, 0.3) is 0 Å². The Morgan fingerprint density at radius 1 is 0.611 bits per heavy atom. The number of rotatable bonds is 1. The molecule has 0 unspecified atom stereocenters. The molecule has 0 fully saturated rings. The van der Waals surface area contributed by atoms with Crippen LogP contribution in [0, 0.1) is 0 Å². The van der Waals surface area contributed by atoms with Gasteiger partial charge in [-0.25, -0.2) is 0 Å². The third-order valence-corrected chi connectivity index (χ3v) is 2.79. The summed E-state index contributed by atoms with van der Waals surface area (Å²) < 4.78 is 0. The molecule has 2 aliphatic carbocycles. The molecule has 0 aromatic rings. The first-order valence-corrected chi connectivity index (χ1v) is 5.38. The van der Waals surface area contributed by atoms with Gasteiger partial charge in [0, 0.05) is 22.3 Å². The first-order chi connectivity index (χ1) is 8.40. The molecule has 18 heavy (non-hydrogen) atoms. The number of allylic oxidation sites excluding steroid dienone is 8. The van der Waals surface area contributed by atoms with E-state index < -0.39 is 11.6 Å². The minimum atomic E-state index is -0.392. The minimum absolute atomic E-state index is 0.00537. The second-order valence-electron chi connectivity index (χ2n) is 4.23. The van der Waals surface area contributed by atoms with E-state index in [0.717, 1.165) is 12.2 Å². The fourth-order valence-electron chi connectivity index (χ4n) is 1.88. The van der Waals surface area contributed by atoms with Crippen molar-refractivity contribution in [1.82, 2.24) is 0 Å². The highest BCUT2D eigenvalue weighted by Gasteiger charge is 2.28. The van der Waals surface area contributed by atoms with Crippen molar-refractivity contribution < 1.29 is 19.2 Å². The van der Waals surface area contributed by atoms with Crippen LogP contribution in [0.25, 0.3) is 0 Å². The molecule has 4 heteroatoms. The van der Waals surface area contributed by atoms with Crippen LogP contribution in [0.15, 0.2) is 46.6 Å². The average molecular weight is 242 g/mol. The molecule has 0 aliphatic heterocycles. The van der Waals surface area contributed by atoms with Gasteiger partial charge in [0.2, 0.25) is 0 Å². The number of Topliss-reactive ketones (excluding diaryl/α,β-unsaturated/α-hetero) is 2. The average Bonchev–Trinajstić information content (AvgIpc) is 2.28. The van der Waals surface area contributed by atoms with Crippen LogP contribution in [-0.2, 0) is 19.2 Å². The zero-order chi connectivity index (χ0) is 13.4. The van der Waals surface area contributed by atoms with Gasteiger partial charge in [0.05, 0.1) is 0 Å². The third-order valence-electron chi connectivity index (χ3n) is 2.79. The van der Waals surface area contributed by atoms with Gasteiger partial charge < -0.3 is 0 Å².